The minimum absolute atomic E-state index is 0.00695. The van der Waals surface area contributed by atoms with Gasteiger partial charge in [-0.1, -0.05) is 54.6 Å². The van der Waals surface area contributed by atoms with Crippen molar-refractivity contribution < 1.29 is 29.6 Å². The Hall–Kier alpha value is -5.26. The second kappa shape index (κ2) is 12.8. The fraction of sp³-hybridized carbons (Fsp3) is 0.108. The van der Waals surface area contributed by atoms with Crippen molar-refractivity contribution >= 4 is 34.1 Å². The van der Waals surface area contributed by atoms with Gasteiger partial charge in [-0.2, -0.15) is 0 Å². The summed E-state index contributed by atoms with van der Waals surface area (Å²) in [5.41, 5.74) is -0.379. The summed E-state index contributed by atoms with van der Waals surface area (Å²) in [4.78, 5) is 13.7. The molecule has 0 amide bonds. The number of rotatable bonds is 10. The van der Waals surface area contributed by atoms with E-state index in [1.165, 1.54) is 40.2 Å². The molecule has 0 saturated carbocycles. The van der Waals surface area contributed by atoms with E-state index in [0.29, 0.717) is 6.42 Å². The third-order valence-corrected chi connectivity index (χ3v) is 12.4. The predicted molar refractivity (Wildman–Crippen MR) is 179 cm³/mol. The molecule has 45 heavy (non-hydrogen) atoms. The van der Waals surface area contributed by atoms with Gasteiger partial charge in [0.25, 0.3) is 0 Å². The fourth-order valence-electron chi connectivity index (χ4n) is 5.76. The molecular formula is C37H32O7P+. The van der Waals surface area contributed by atoms with Crippen molar-refractivity contribution in [1.29, 1.82) is 0 Å². The minimum Gasteiger partial charge on any atom is -0.508 e. The number of ether oxygens (including phenoxy) is 1. The molecule has 0 fully saturated rings. The Kier molecular flexibility index (Phi) is 8.45. The monoisotopic (exact) mass is 619 g/mol. The van der Waals surface area contributed by atoms with Crippen molar-refractivity contribution in [1.82, 2.24) is 0 Å². The zero-order valence-corrected chi connectivity index (χ0v) is 25.2. The summed E-state index contributed by atoms with van der Waals surface area (Å²) in [6, 6.07) is 38.1. The van der Waals surface area contributed by atoms with Crippen LogP contribution in [0.25, 0.3) is 22.3 Å². The SMILES string of the molecule is O=c1c(OCCCC[P+](c2ccccc2)(c2ccccc2)c2ccccc2)c(-c2ccc(O)c(O)c2)oc2cc(O)cc(O)c12. The molecule has 6 rings (SSSR count). The third kappa shape index (κ3) is 5.83. The van der Waals surface area contributed by atoms with Gasteiger partial charge in [-0.15, -0.1) is 0 Å². The Labute approximate surface area is 260 Å². The summed E-state index contributed by atoms with van der Waals surface area (Å²) >= 11 is 0. The van der Waals surface area contributed by atoms with E-state index >= 15 is 0 Å². The summed E-state index contributed by atoms with van der Waals surface area (Å²) in [6.07, 6.45) is 2.28. The lowest BCUT2D eigenvalue weighted by Gasteiger charge is -2.27. The van der Waals surface area contributed by atoms with Gasteiger partial charge < -0.3 is 29.6 Å². The molecule has 0 radical (unpaired) electrons. The molecular weight excluding hydrogens is 587 g/mol. The first-order chi connectivity index (χ1) is 21.9. The first-order valence-electron chi connectivity index (χ1n) is 14.6. The van der Waals surface area contributed by atoms with Crippen LogP contribution in [0.2, 0.25) is 0 Å². The molecule has 0 saturated heterocycles. The topological polar surface area (TPSA) is 120 Å². The maximum Gasteiger partial charge on any atom is 0.239 e. The summed E-state index contributed by atoms with van der Waals surface area (Å²) in [5.74, 6) is -1.58. The largest absolute Gasteiger partial charge is 0.508 e. The maximum absolute atomic E-state index is 13.7. The second-order valence-electron chi connectivity index (χ2n) is 10.7. The van der Waals surface area contributed by atoms with Crippen molar-refractivity contribution in [3.63, 3.8) is 0 Å². The molecule has 0 aliphatic rings. The average Bonchev–Trinajstić information content (AvgIpc) is 3.06. The van der Waals surface area contributed by atoms with Crippen LogP contribution < -0.4 is 26.1 Å². The van der Waals surface area contributed by atoms with Gasteiger partial charge in [-0.05, 0) is 67.4 Å². The average molecular weight is 620 g/mol. The molecule has 0 aliphatic carbocycles. The molecule has 0 spiro atoms. The molecule has 0 atom stereocenters. The normalized spacial score (nSPS) is 11.5. The van der Waals surface area contributed by atoms with Gasteiger partial charge in [-0.3, -0.25) is 4.79 Å². The smallest absolute Gasteiger partial charge is 0.239 e. The molecule has 226 valence electrons. The van der Waals surface area contributed by atoms with Crippen molar-refractivity contribution in [3.05, 3.63) is 132 Å². The van der Waals surface area contributed by atoms with Gasteiger partial charge in [0.15, 0.2) is 17.3 Å². The molecule has 0 aliphatic heterocycles. The molecule has 1 heterocycles. The van der Waals surface area contributed by atoms with Crippen LogP contribution in [0.5, 0.6) is 28.7 Å². The molecule has 5 aromatic carbocycles. The summed E-state index contributed by atoms with van der Waals surface area (Å²) in [7, 11) is -2.03. The molecule has 8 heteroatoms. The summed E-state index contributed by atoms with van der Waals surface area (Å²) in [5, 5.41) is 44.2. The lowest BCUT2D eigenvalue weighted by molar-refractivity contribution is 0.301. The molecule has 0 bridgehead atoms. The molecule has 4 N–H and O–H groups in total. The Bertz CT molecular complexity index is 1900. The van der Waals surface area contributed by atoms with E-state index < -0.39 is 24.2 Å². The number of fused-ring (bicyclic) bond motifs is 1. The van der Waals surface area contributed by atoms with Gasteiger partial charge in [0.05, 0.1) is 12.8 Å². The Morgan fingerprint density at radius 1 is 0.622 bits per heavy atom. The number of hydrogen-bond donors (Lipinski definition) is 4. The van der Waals surface area contributed by atoms with Gasteiger partial charge in [0.2, 0.25) is 11.2 Å². The number of unbranched alkanes of at least 4 members (excludes halogenated alkanes) is 1. The highest BCUT2D eigenvalue weighted by Crippen LogP contribution is 2.56. The molecule has 0 unspecified atom stereocenters. The van der Waals surface area contributed by atoms with Crippen molar-refractivity contribution in [2.75, 3.05) is 12.8 Å². The van der Waals surface area contributed by atoms with Gasteiger partial charge in [0.1, 0.15) is 45.6 Å². The molecule has 1 aromatic heterocycles. The maximum atomic E-state index is 13.7. The van der Waals surface area contributed by atoms with E-state index in [0.717, 1.165) is 18.6 Å². The fourth-order valence-corrected chi connectivity index (χ4v) is 10.2. The lowest BCUT2D eigenvalue weighted by Crippen LogP contribution is -2.33. The van der Waals surface area contributed by atoms with Crippen molar-refractivity contribution in [2.45, 2.75) is 12.8 Å². The standard InChI is InChI=1S/C37H31O7P/c38-26-23-32(41)34-33(24-26)44-36(25-18-19-30(39)31(40)22-25)37(35(34)42)43-20-10-11-21-45(27-12-4-1-5-13-27,28-14-6-2-7-15-28)29-16-8-3-9-17-29/h1-9,12-19,22-24H,10-11,20-21H2,(H3-,38,39,40,41,42)/p+1. The quantitative estimate of drug-likeness (QED) is 0.0792. The zero-order valence-electron chi connectivity index (χ0n) is 24.3. The van der Waals surface area contributed by atoms with Crippen LogP contribution in [0.1, 0.15) is 12.8 Å². The third-order valence-electron chi connectivity index (χ3n) is 7.88. The van der Waals surface area contributed by atoms with Gasteiger partial charge in [0, 0.05) is 17.7 Å². The van der Waals surface area contributed by atoms with E-state index in [-0.39, 0.29) is 46.1 Å². The number of phenolic OH excluding ortho intramolecular Hbond substituents is 4. The predicted octanol–water partition coefficient (Wildman–Crippen LogP) is 6.44. The number of phenols is 4. The van der Waals surface area contributed by atoms with E-state index in [1.807, 2.05) is 18.2 Å². The van der Waals surface area contributed by atoms with Crippen LogP contribution in [0.4, 0.5) is 0 Å². The van der Waals surface area contributed by atoms with Gasteiger partial charge >= 0.3 is 0 Å². The van der Waals surface area contributed by atoms with Crippen LogP contribution in [0.15, 0.2) is 131 Å². The number of aromatic hydroxyl groups is 4. The van der Waals surface area contributed by atoms with E-state index in [2.05, 4.69) is 72.8 Å². The second-order valence-corrected chi connectivity index (χ2v) is 14.3. The van der Waals surface area contributed by atoms with E-state index in [9.17, 15) is 25.2 Å². The Morgan fingerprint density at radius 2 is 1.20 bits per heavy atom. The van der Waals surface area contributed by atoms with Crippen LogP contribution >= 0.6 is 7.26 Å². The van der Waals surface area contributed by atoms with Crippen LogP contribution in [0.3, 0.4) is 0 Å². The Balaban J connectivity index is 1.32. The Morgan fingerprint density at radius 3 is 1.76 bits per heavy atom. The highest BCUT2D eigenvalue weighted by Gasteiger charge is 2.44. The van der Waals surface area contributed by atoms with E-state index in [4.69, 9.17) is 9.15 Å². The number of hydrogen-bond acceptors (Lipinski definition) is 7. The highest BCUT2D eigenvalue weighted by atomic mass is 31.2. The summed E-state index contributed by atoms with van der Waals surface area (Å²) < 4.78 is 12.1. The first-order valence-corrected chi connectivity index (χ1v) is 16.6. The first kappa shape index (κ1) is 29.8. The minimum atomic E-state index is -2.03. The lowest BCUT2D eigenvalue weighted by atomic mass is 10.1. The van der Waals surface area contributed by atoms with Crippen molar-refractivity contribution in [2.24, 2.45) is 0 Å². The highest BCUT2D eigenvalue weighted by molar-refractivity contribution is 7.95. The van der Waals surface area contributed by atoms with E-state index in [1.54, 1.807) is 0 Å². The van der Waals surface area contributed by atoms with Crippen LogP contribution in [-0.4, -0.2) is 33.2 Å². The van der Waals surface area contributed by atoms with Gasteiger partial charge in [-0.25, -0.2) is 0 Å². The van der Waals surface area contributed by atoms with Crippen molar-refractivity contribution in [3.8, 4) is 40.1 Å². The molecule has 7 nitrogen and oxygen atoms in total. The van der Waals surface area contributed by atoms with Crippen LogP contribution in [-0.2, 0) is 0 Å². The zero-order chi connectivity index (χ0) is 31.4. The summed E-state index contributed by atoms with van der Waals surface area (Å²) in [6.45, 7) is 0.185. The van der Waals surface area contributed by atoms with Crippen LogP contribution in [0, 0.1) is 0 Å². The molecule has 6 aromatic rings. The number of benzene rings is 5.